The molecule has 0 aliphatic carbocycles. The Hall–Kier alpha value is -1.53. The topological polar surface area (TPSA) is 228 Å². The molecule has 0 spiro atoms. The molecule has 12 atom stereocenters. The van der Waals surface area contributed by atoms with E-state index in [1.165, 1.54) is 270 Å². The van der Waals surface area contributed by atoms with Crippen molar-refractivity contribution < 1.29 is 64.6 Å². The van der Waals surface area contributed by atoms with E-state index >= 15 is 0 Å². The van der Waals surface area contributed by atoms with Crippen LogP contribution in [-0.2, 0) is 23.7 Å². The van der Waals surface area contributed by atoms with E-state index in [9.17, 15) is 45.6 Å². The van der Waals surface area contributed by atoms with Gasteiger partial charge in [0.2, 0.25) is 5.91 Å². The van der Waals surface area contributed by atoms with Crippen molar-refractivity contribution >= 4 is 5.91 Å². The Balaban J connectivity index is 1.68. The predicted octanol–water partition coefficient (Wildman–Crippen LogP) is 15.1. The molecular formula is C72H137NO13. The molecule has 0 aromatic heterocycles. The molecule has 0 aromatic carbocycles. The first-order chi connectivity index (χ1) is 42.1. The molecular weight excluding hydrogens is 1090 g/mol. The second-order valence-electron chi connectivity index (χ2n) is 26.1. The zero-order valence-corrected chi connectivity index (χ0v) is 55.3. The first kappa shape index (κ1) is 80.6. The number of hydrogen-bond donors (Lipinski definition) is 9. The number of amides is 1. The summed E-state index contributed by atoms with van der Waals surface area (Å²) in [4.78, 5) is 13.3. The fourth-order valence-corrected chi connectivity index (χ4v) is 12.3. The summed E-state index contributed by atoms with van der Waals surface area (Å²) in [6.45, 7) is 2.84. The van der Waals surface area contributed by atoms with E-state index in [4.69, 9.17) is 18.9 Å². The largest absolute Gasteiger partial charge is 0.394 e. The van der Waals surface area contributed by atoms with Crippen molar-refractivity contribution in [3.63, 3.8) is 0 Å². The summed E-state index contributed by atoms with van der Waals surface area (Å²) >= 11 is 0. The predicted molar refractivity (Wildman–Crippen MR) is 351 cm³/mol. The van der Waals surface area contributed by atoms with Crippen molar-refractivity contribution in [2.45, 2.75) is 408 Å². The molecule has 2 aliphatic rings. The standard InChI is InChI=1S/C72H137NO13/c1-3-5-7-9-11-13-15-17-19-21-23-25-27-29-30-32-33-35-37-39-41-43-45-47-49-51-53-55-61(76)60(59-83-71-69(82)67(80)70(63(58-75)85-71)86-72-68(81)66(79)65(78)62(57-74)84-72)73-64(77)56-54-52-50-48-46-44-42-40-38-36-34-31-28-26-24-22-20-18-16-14-12-10-8-6-4-2/h45,47,53,55,60-63,65-72,74-76,78-82H,3-44,46,48-52,54,56-59H2,1-2H3,(H,73,77)/b47-45+,55-53+. The van der Waals surface area contributed by atoms with Gasteiger partial charge in [0.25, 0.3) is 0 Å². The van der Waals surface area contributed by atoms with E-state index in [2.05, 4.69) is 31.3 Å². The molecule has 0 aromatic rings. The third-order valence-electron chi connectivity index (χ3n) is 18.1. The summed E-state index contributed by atoms with van der Waals surface area (Å²) < 4.78 is 22.9. The molecule has 2 aliphatic heterocycles. The van der Waals surface area contributed by atoms with Crippen LogP contribution in [0.5, 0.6) is 0 Å². The molecule has 14 nitrogen and oxygen atoms in total. The van der Waals surface area contributed by atoms with Gasteiger partial charge in [-0.25, -0.2) is 0 Å². The molecule has 0 bridgehead atoms. The molecule has 2 fully saturated rings. The normalized spacial score (nSPS) is 23.5. The molecule has 0 saturated carbocycles. The number of carbonyl (C=O) groups is 1. The molecule has 1 amide bonds. The third kappa shape index (κ3) is 41.1. The Morgan fingerprint density at radius 1 is 0.407 bits per heavy atom. The fraction of sp³-hybridized carbons (Fsp3) is 0.931. The Kier molecular flexibility index (Phi) is 53.7. The smallest absolute Gasteiger partial charge is 0.220 e. The number of allylic oxidation sites excluding steroid dienone is 3. The van der Waals surface area contributed by atoms with Gasteiger partial charge in [-0.2, -0.15) is 0 Å². The minimum absolute atomic E-state index is 0.241. The van der Waals surface area contributed by atoms with Crippen LogP contribution < -0.4 is 5.32 Å². The summed E-state index contributed by atoms with van der Waals surface area (Å²) in [6, 6.07) is -0.929. The molecule has 508 valence electrons. The summed E-state index contributed by atoms with van der Waals surface area (Å²) in [7, 11) is 0. The molecule has 0 radical (unpaired) electrons. The SMILES string of the molecule is CCCCCCCCCCCCCCCCCCCCCCC/C=C/CC/C=C/C(O)C(COC1OC(CO)C(OC2OC(CO)C(O)C(O)C2O)C(O)C1O)NC(=O)CCCCCCCCCCCCCCCCCCCCCCCCCCC. The Labute approximate surface area is 526 Å². The highest BCUT2D eigenvalue weighted by Gasteiger charge is 2.51. The number of carbonyl (C=O) groups excluding carboxylic acids is 1. The Morgan fingerprint density at radius 3 is 1.14 bits per heavy atom. The number of hydrogen-bond acceptors (Lipinski definition) is 13. The van der Waals surface area contributed by atoms with E-state index in [1.54, 1.807) is 6.08 Å². The lowest BCUT2D eigenvalue weighted by molar-refractivity contribution is -0.359. The number of unbranched alkanes of at least 4 members (excludes halogenated alkanes) is 46. The van der Waals surface area contributed by atoms with Gasteiger partial charge in [-0.15, -0.1) is 0 Å². The first-order valence-corrected chi connectivity index (χ1v) is 36.6. The highest BCUT2D eigenvalue weighted by molar-refractivity contribution is 5.76. The van der Waals surface area contributed by atoms with Crippen LogP contribution >= 0.6 is 0 Å². The van der Waals surface area contributed by atoms with E-state index in [0.717, 1.165) is 32.1 Å². The maximum Gasteiger partial charge on any atom is 0.220 e. The van der Waals surface area contributed by atoms with Crippen LogP contribution in [0, 0.1) is 0 Å². The highest BCUT2D eigenvalue weighted by atomic mass is 16.7. The Morgan fingerprint density at radius 2 is 0.744 bits per heavy atom. The van der Waals surface area contributed by atoms with Crippen molar-refractivity contribution in [3.8, 4) is 0 Å². The quantitative estimate of drug-likeness (QED) is 0.0204. The van der Waals surface area contributed by atoms with E-state index in [-0.39, 0.29) is 18.9 Å². The summed E-state index contributed by atoms with van der Waals surface area (Å²) in [5.41, 5.74) is 0. The molecule has 9 N–H and O–H groups in total. The molecule has 14 heteroatoms. The molecule has 12 unspecified atom stereocenters. The maximum atomic E-state index is 13.3. The average molecular weight is 1220 g/mol. The average Bonchev–Trinajstić information content (AvgIpc) is 2.66. The number of aliphatic hydroxyl groups is 8. The zero-order chi connectivity index (χ0) is 62.3. The number of ether oxygens (including phenoxy) is 4. The molecule has 2 saturated heterocycles. The summed E-state index contributed by atoms with van der Waals surface area (Å²) in [5, 5.41) is 87.5. The Bertz CT molecular complexity index is 1540. The fourth-order valence-electron chi connectivity index (χ4n) is 12.3. The third-order valence-corrected chi connectivity index (χ3v) is 18.1. The lowest BCUT2D eigenvalue weighted by Crippen LogP contribution is -2.65. The van der Waals surface area contributed by atoms with Crippen LogP contribution in [0.4, 0.5) is 0 Å². The zero-order valence-electron chi connectivity index (χ0n) is 55.3. The van der Waals surface area contributed by atoms with Crippen LogP contribution in [0.3, 0.4) is 0 Å². The van der Waals surface area contributed by atoms with Gasteiger partial charge in [-0.05, 0) is 32.1 Å². The van der Waals surface area contributed by atoms with Gasteiger partial charge in [0.05, 0.1) is 32.0 Å². The van der Waals surface area contributed by atoms with Gasteiger partial charge in [0, 0.05) is 6.42 Å². The minimum atomic E-state index is -1.79. The van der Waals surface area contributed by atoms with Gasteiger partial charge in [0.15, 0.2) is 12.6 Å². The van der Waals surface area contributed by atoms with Gasteiger partial charge in [-0.1, -0.05) is 321 Å². The van der Waals surface area contributed by atoms with E-state index in [0.29, 0.717) is 12.8 Å². The van der Waals surface area contributed by atoms with Gasteiger partial charge < -0.3 is 65.1 Å². The van der Waals surface area contributed by atoms with Gasteiger partial charge in [-0.3, -0.25) is 4.79 Å². The van der Waals surface area contributed by atoms with Gasteiger partial charge in [0.1, 0.15) is 48.8 Å². The lowest BCUT2D eigenvalue weighted by atomic mass is 9.97. The first-order valence-electron chi connectivity index (χ1n) is 36.6. The second kappa shape index (κ2) is 57.4. The van der Waals surface area contributed by atoms with Crippen LogP contribution in [0.2, 0.25) is 0 Å². The lowest BCUT2D eigenvalue weighted by Gasteiger charge is -2.46. The van der Waals surface area contributed by atoms with Crippen LogP contribution in [0.15, 0.2) is 24.3 Å². The number of aliphatic hydroxyl groups excluding tert-OH is 8. The number of rotatable bonds is 61. The summed E-state index contributed by atoms with van der Waals surface area (Å²) in [6.07, 6.45) is 55.3. The van der Waals surface area contributed by atoms with Crippen molar-refractivity contribution in [3.05, 3.63) is 24.3 Å². The van der Waals surface area contributed by atoms with E-state index < -0.39 is 86.8 Å². The molecule has 2 rings (SSSR count). The second-order valence-corrected chi connectivity index (χ2v) is 26.1. The van der Waals surface area contributed by atoms with Crippen LogP contribution in [-0.4, -0.2) is 140 Å². The van der Waals surface area contributed by atoms with Crippen molar-refractivity contribution in [1.82, 2.24) is 5.32 Å². The van der Waals surface area contributed by atoms with Gasteiger partial charge >= 0.3 is 0 Å². The van der Waals surface area contributed by atoms with Crippen LogP contribution in [0.25, 0.3) is 0 Å². The minimum Gasteiger partial charge on any atom is -0.394 e. The highest BCUT2D eigenvalue weighted by Crippen LogP contribution is 2.30. The molecule has 86 heavy (non-hydrogen) atoms. The van der Waals surface area contributed by atoms with Crippen molar-refractivity contribution in [1.29, 1.82) is 0 Å². The van der Waals surface area contributed by atoms with E-state index in [1.807, 2.05) is 6.08 Å². The van der Waals surface area contributed by atoms with Crippen LogP contribution in [0.1, 0.15) is 335 Å². The number of nitrogens with one attached hydrogen (secondary N) is 1. The van der Waals surface area contributed by atoms with Crippen molar-refractivity contribution in [2.24, 2.45) is 0 Å². The molecule has 2 heterocycles. The van der Waals surface area contributed by atoms with Crippen molar-refractivity contribution in [2.75, 3.05) is 19.8 Å². The maximum absolute atomic E-state index is 13.3. The monoisotopic (exact) mass is 1220 g/mol. The summed E-state index contributed by atoms with van der Waals surface area (Å²) in [5.74, 6) is -0.241.